The lowest BCUT2D eigenvalue weighted by Gasteiger charge is -2.37. The fourth-order valence-electron chi connectivity index (χ4n) is 1.25. The van der Waals surface area contributed by atoms with E-state index in [4.69, 9.17) is 5.73 Å². The average Bonchev–Trinajstić information content (AvgIpc) is 2.01. The Morgan fingerprint density at radius 2 is 2.25 bits per heavy atom. The summed E-state index contributed by atoms with van der Waals surface area (Å²) in [5, 5.41) is 0. The molecule has 64 valence electrons. The predicted octanol–water partition coefficient (Wildman–Crippen LogP) is 0.368. The maximum atomic E-state index is 12.4. The summed E-state index contributed by atoms with van der Waals surface area (Å²) in [4.78, 5) is 5.95. The number of halogens is 1. The predicted molar refractivity (Wildman–Crippen MR) is 44.4 cm³/mol. The lowest BCUT2D eigenvalue weighted by Crippen LogP contribution is -2.56. The molecule has 1 aliphatic rings. The number of rotatable bonds is 1. The third-order valence-electron chi connectivity index (χ3n) is 1.95. The van der Waals surface area contributed by atoms with Crippen LogP contribution in [0.25, 0.3) is 0 Å². The third kappa shape index (κ3) is 1.25. The molecule has 0 spiro atoms. The van der Waals surface area contributed by atoms with Gasteiger partial charge in [0.05, 0.1) is 6.20 Å². The van der Waals surface area contributed by atoms with Crippen LogP contribution in [0.3, 0.4) is 0 Å². The maximum Gasteiger partial charge on any atom is 0.141 e. The summed E-state index contributed by atoms with van der Waals surface area (Å²) in [6.45, 7) is 1.64. The molecular weight excluding hydrogens is 157 g/mol. The standard InChI is InChI=1S/C8H10FN3/c9-6-1-2-8(11-3-6)12-4-7(10)5-12/h1-3,7H,4-5,10H2. The van der Waals surface area contributed by atoms with E-state index < -0.39 is 0 Å². The summed E-state index contributed by atoms with van der Waals surface area (Å²) in [6, 6.07) is 3.32. The van der Waals surface area contributed by atoms with Gasteiger partial charge in [-0.25, -0.2) is 9.37 Å². The number of aromatic nitrogens is 1. The van der Waals surface area contributed by atoms with Gasteiger partial charge in [-0.3, -0.25) is 0 Å². The molecule has 4 heteroatoms. The molecule has 2 rings (SSSR count). The number of nitrogens with two attached hydrogens (primary N) is 1. The summed E-state index contributed by atoms with van der Waals surface area (Å²) in [6.07, 6.45) is 1.22. The van der Waals surface area contributed by atoms with E-state index in [-0.39, 0.29) is 11.9 Å². The first kappa shape index (κ1) is 7.49. The van der Waals surface area contributed by atoms with Crippen LogP contribution in [0.15, 0.2) is 18.3 Å². The highest BCUT2D eigenvalue weighted by Gasteiger charge is 2.23. The molecule has 2 N–H and O–H groups in total. The Hall–Kier alpha value is -1.16. The number of hydrogen-bond donors (Lipinski definition) is 1. The Labute approximate surface area is 70.0 Å². The summed E-state index contributed by atoms with van der Waals surface area (Å²) in [7, 11) is 0. The molecule has 0 amide bonds. The minimum Gasteiger partial charge on any atom is -0.353 e. The van der Waals surface area contributed by atoms with E-state index in [0.29, 0.717) is 0 Å². The highest BCUT2D eigenvalue weighted by atomic mass is 19.1. The van der Waals surface area contributed by atoms with E-state index in [0.717, 1.165) is 18.9 Å². The summed E-state index contributed by atoms with van der Waals surface area (Å²) in [5.41, 5.74) is 5.59. The van der Waals surface area contributed by atoms with E-state index in [1.165, 1.54) is 12.3 Å². The Bertz CT molecular complexity index is 266. The monoisotopic (exact) mass is 167 g/mol. The van der Waals surface area contributed by atoms with E-state index in [9.17, 15) is 4.39 Å². The van der Waals surface area contributed by atoms with Crippen LogP contribution in [0.5, 0.6) is 0 Å². The number of nitrogens with zero attached hydrogens (tertiary/aromatic N) is 2. The van der Waals surface area contributed by atoms with Crippen molar-refractivity contribution >= 4 is 5.82 Å². The molecule has 0 bridgehead atoms. The molecule has 3 nitrogen and oxygen atoms in total. The Morgan fingerprint density at radius 3 is 2.75 bits per heavy atom. The lowest BCUT2D eigenvalue weighted by molar-refractivity contribution is 0.513. The van der Waals surface area contributed by atoms with E-state index in [1.807, 2.05) is 4.90 Å². The van der Waals surface area contributed by atoms with Gasteiger partial charge in [0.25, 0.3) is 0 Å². The van der Waals surface area contributed by atoms with Crippen LogP contribution >= 0.6 is 0 Å². The molecule has 12 heavy (non-hydrogen) atoms. The van der Waals surface area contributed by atoms with Gasteiger partial charge in [-0.1, -0.05) is 0 Å². The first-order valence-corrected chi connectivity index (χ1v) is 3.88. The average molecular weight is 167 g/mol. The lowest BCUT2D eigenvalue weighted by atomic mass is 10.1. The Kier molecular flexibility index (Phi) is 1.69. The largest absolute Gasteiger partial charge is 0.353 e. The zero-order valence-corrected chi connectivity index (χ0v) is 6.57. The second kappa shape index (κ2) is 2.71. The van der Waals surface area contributed by atoms with Crippen molar-refractivity contribution in [3.63, 3.8) is 0 Å². The maximum absolute atomic E-state index is 12.4. The van der Waals surface area contributed by atoms with E-state index >= 15 is 0 Å². The van der Waals surface area contributed by atoms with E-state index in [1.54, 1.807) is 6.07 Å². The number of hydrogen-bond acceptors (Lipinski definition) is 3. The second-order valence-corrected chi connectivity index (χ2v) is 3.00. The fourth-order valence-corrected chi connectivity index (χ4v) is 1.25. The molecule has 1 aromatic heterocycles. The molecule has 0 aliphatic carbocycles. The van der Waals surface area contributed by atoms with Crippen LogP contribution in [-0.4, -0.2) is 24.1 Å². The normalized spacial score (nSPS) is 17.7. The van der Waals surface area contributed by atoms with Gasteiger partial charge >= 0.3 is 0 Å². The van der Waals surface area contributed by atoms with Crippen molar-refractivity contribution in [3.05, 3.63) is 24.1 Å². The molecule has 0 aromatic carbocycles. The molecule has 0 saturated carbocycles. The first-order valence-electron chi connectivity index (χ1n) is 3.88. The topological polar surface area (TPSA) is 42.1 Å². The summed E-state index contributed by atoms with van der Waals surface area (Å²) in [5.74, 6) is 0.502. The zero-order valence-electron chi connectivity index (χ0n) is 6.57. The summed E-state index contributed by atoms with van der Waals surface area (Å²) < 4.78 is 12.4. The van der Waals surface area contributed by atoms with Crippen molar-refractivity contribution in [2.45, 2.75) is 6.04 Å². The molecule has 1 saturated heterocycles. The highest BCUT2D eigenvalue weighted by Crippen LogP contribution is 2.16. The van der Waals surface area contributed by atoms with Gasteiger partial charge in [0.15, 0.2) is 0 Å². The van der Waals surface area contributed by atoms with Crippen LogP contribution in [0.4, 0.5) is 10.2 Å². The zero-order chi connectivity index (χ0) is 8.55. The van der Waals surface area contributed by atoms with Crippen molar-refractivity contribution in [1.82, 2.24) is 4.98 Å². The van der Waals surface area contributed by atoms with Gasteiger partial charge in [-0.05, 0) is 12.1 Å². The van der Waals surface area contributed by atoms with Crippen molar-refractivity contribution in [2.24, 2.45) is 5.73 Å². The molecule has 2 heterocycles. The van der Waals surface area contributed by atoms with Crippen molar-refractivity contribution in [1.29, 1.82) is 0 Å². The summed E-state index contributed by atoms with van der Waals surface area (Å²) >= 11 is 0. The van der Waals surface area contributed by atoms with Crippen LogP contribution in [0, 0.1) is 5.82 Å². The van der Waals surface area contributed by atoms with Gasteiger partial charge < -0.3 is 10.6 Å². The van der Waals surface area contributed by atoms with Gasteiger partial charge in [0, 0.05) is 19.1 Å². The van der Waals surface area contributed by atoms with Crippen LogP contribution in [-0.2, 0) is 0 Å². The SMILES string of the molecule is NC1CN(c2ccc(F)cn2)C1. The van der Waals surface area contributed by atoms with Crippen LogP contribution < -0.4 is 10.6 Å². The molecule has 1 aromatic rings. The van der Waals surface area contributed by atoms with Crippen molar-refractivity contribution in [3.8, 4) is 0 Å². The van der Waals surface area contributed by atoms with Gasteiger partial charge in [0.1, 0.15) is 11.6 Å². The molecule has 0 radical (unpaired) electrons. The minimum atomic E-state index is -0.302. The van der Waals surface area contributed by atoms with Crippen LogP contribution in [0.1, 0.15) is 0 Å². The van der Waals surface area contributed by atoms with Crippen molar-refractivity contribution in [2.75, 3.05) is 18.0 Å². The first-order chi connectivity index (χ1) is 5.75. The Balaban J connectivity index is 2.09. The second-order valence-electron chi connectivity index (χ2n) is 3.00. The minimum absolute atomic E-state index is 0.247. The Morgan fingerprint density at radius 1 is 1.50 bits per heavy atom. The third-order valence-corrected chi connectivity index (χ3v) is 1.95. The van der Waals surface area contributed by atoms with Gasteiger partial charge in [-0.2, -0.15) is 0 Å². The van der Waals surface area contributed by atoms with Crippen LogP contribution in [0.2, 0.25) is 0 Å². The quantitative estimate of drug-likeness (QED) is 0.657. The molecular formula is C8H10FN3. The van der Waals surface area contributed by atoms with Gasteiger partial charge in [0.2, 0.25) is 0 Å². The smallest absolute Gasteiger partial charge is 0.141 e. The molecule has 0 atom stereocenters. The van der Waals surface area contributed by atoms with Crippen molar-refractivity contribution < 1.29 is 4.39 Å². The number of pyridine rings is 1. The number of anilines is 1. The molecule has 1 fully saturated rings. The molecule has 1 aliphatic heterocycles. The van der Waals surface area contributed by atoms with Gasteiger partial charge in [-0.15, -0.1) is 0 Å². The highest BCUT2D eigenvalue weighted by molar-refractivity contribution is 5.41. The van der Waals surface area contributed by atoms with E-state index in [2.05, 4.69) is 4.98 Å². The molecule has 0 unspecified atom stereocenters. The fraction of sp³-hybridized carbons (Fsp3) is 0.375.